The van der Waals surface area contributed by atoms with Crippen LogP contribution in [0.15, 0.2) is 88.9 Å². The van der Waals surface area contributed by atoms with E-state index in [1.165, 1.54) is 36.2 Å². The third kappa shape index (κ3) is 4.34. The molecule has 3 aromatic rings. The minimum Gasteiger partial charge on any atom is -0.279 e. The molecular formula is C23H20FN3O3S. The minimum atomic E-state index is -3.79. The molecule has 0 unspecified atom stereocenters. The highest BCUT2D eigenvalue weighted by molar-refractivity contribution is 7.92. The summed E-state index contributed by atoms with van der Waals surface area (Å²) < 4.78 is 41.6. The normalized spacial score (nSPS) is 16.1. The molecular weight excluding hydrogens is 417 g/mol. The fourth-order valence-electron chi connectivity index (χ4n) is 3.53. The van der Waals surface area contributed by atoms with Crippen molar-refractivity contribution in [2.75, 3.05) is 4.72 Å². The number of nitrogens with zero attached hydrogens (tertiary/aromatic N) is 2. The quantitative estimate of drug-likeness (QED) is 0.646. The Hall–Kier alpha value is -3.52. The van der Waals surface area contributed by atoms with Crippen LogP contribution < -0.4 is 4.72 Å². The average molecular weight is 437 g/mol. The standard InChI is InChI=1S/C23H20FN3O3S/c1-16(28)27-23(17-11-13-18(24)14-12-17)15-22(25-27)20-9-5-6-10-21(20)26-31(29,30)19-7-3-2-4-8-19/h2-14,23,26H,15H2,1H3/t23-/m1/s1. The van der Waals surface area contributed by atoms with E-state index in [0.29, 0.717) is 23.4 Å². The first-order valence-corrected chi connectivity index (χ1v) is 11.1. The molecule has 3 aromatic carbocycles. The number of carbonyl (C=O) groups excluding carboxylic acids is 1. The van der Waals surface area contributed by atoms with Gasteiger partial charge >= 0.3 is 0 Å². The zero-order valence-electron chi connectivity index (χ0n) is 16.7. The number of nitrogens with one attached hydrogen (secondary N) is 1. The van der Waals surface area contributed by atoms with Crippen molar-refractivity contribution >= 4 is 27.3 Å². The van der Waals surface area contributed by atoms with Gasteiger partial charge < -0.3 is 0 Å². The van der Waals surface area contributed by atoms with E-state index in [1.54, 1.807) is 54.6 Å². The molecule has 1 heterocycles. The highest BCUT2D eigenvalue weighted by Crippen LogP contribution is 2.35. The summed E-state index contributed by atoms with van der Waals surface area (Å²) in [5.74, 6) is -0.621. The summed E-state index contributed by atoms with van der Waals surface area (Å²) in [6.07, 6.45) is 0.370. The van der Waals surface area contributed by atoms with E-state index in [1.807, 2.05) is 0 Å². The Morgan fingerprint density at radius 3 is 2.32 bits per heavy atom. The smallest absolute Gasteiger partial charge is 0.261 e. The van der Waals surface area contributed by atoms with Crippen molar-refractivity contribution < 1.29 is 17.6 Å². The molecule has 0 spiro atoms. The van der Waals surface area contributed by atoms with Crippen LogP contribution in [0.2, 0.25) is 0 Å². The number of amides is 1. The van der Waals surface area contributed by atoms with Gasteiger partial charge in [0.05, 0.1) is 22.3 Å². The average Bonchev–Trinajstić information content (AvgIpc) is 3.21. The number of para-hydroxylation sites is 1. The molecule has 158 valence electrons. The molecule has 8 heteroatoms. The molecule has 31 heavy (non-hydrogen) atoms. The molecule has 0 bridgehead atoms. The lowest BCUT2D eigenvalue weighted by molar-refractivity contribution is -0.130. The van der Waals surface area contributed by atoms with Crippen LogP contribution >= 0.6 is 0 Å². The van der Waals surface area contributed by atoms with Crippen molar-refractivity contribution in [2.24, 2.45) is 5.10 Å². The third-order valence-electron chi connectivity index (χ3n) is 5.02. The van der Waals surface area contributed by atoms with Gasteiger partial charge in [0, 0.05) is 18.9 Å². The molecule has 1 N–H and O–H groups in total. The van der Waals surface area contributed by atoms with Crippen LogP contribution in [0.5, 0.6) is 0 Å². The van der Waals surface area contributed by atoms with Gasteiger partial charge in [-0.25, -0.2) is 17.8 Å². The van der Waals surface area contributed by atoms with Crippen LogP contribution in [0.4, 0.5) is 10.1 Å². The first-order chi connectivity index (χ1) is 14.8. The largest absolute Gasteiger partial charge is 0.279 e. The van der Waals surface area contributed by atoms with Gasteiger partial charge in [-0.05, 0) is 35.9 Å². The van der Waals surface area contributed by atoms with Crippen molar-refractivity contribution in [1.82, 2.24) is 5.01 Å². The van der Waals surface area contributed by atoms with Gasteiger partial charge in [-0.15, -0.1) is 0 Å². The summed E-state index contributed by atoms with van der Waals surface area (Å²) in [7, 11) is -3.79. The van der Waals surface area contributed by atoms with Gasteiger partial charge in [-0.1, -0.05) is 48.5 Å². The van der Waals surface area contributed by atoms with Gasteiger partial charge in [0.1, 0.15) is 5.82 Å². The van der Waals surface area contributed by atoms with Crippen LogP contribution in [-0.4, -0.2) is 25.0 Å². The Morgan fingerprint density at radius 1 is 1.00 bits per heavy atom. The Morgan fingerprint density at radius 2 is 1.65 bits per heavy atom. The number of hydrazone groups is 1. The molecule has 4 rings (SSSR count). The van der Waals surface area contributed by atoms with Gasteiger partial charge in [0.15, 0.2) is 0 Å². The number of hydrogen-bond donors (Lipinski definition) is 1. The number of sulfonamides is 1. The van der Waals surface area contributed by atoms with Gasteiger partial charge in [-0.2, -0.15) is 5.10 Å². The first-order valence-electron chi connectivity index (χ1n) is 9.65. The second kappa shape index (κ2) is 8.31. The van der Waals surface area contributed by atoms with Gasteiger partial charge in [-0.3, -0.25) is 9.52 Å². The summed E-state index contributed by atoms with van der Waals surface area (Å²) in [5.41, 5.74) is 2.26. The Kier molecular flexibility index (Phi) is 5.56. The zero-order chi connectivity index (χ0) is 22.0. The third-order valence-corrected chi connectivity index (χ3v) is 6.40. The van der Waals surface area contributed by atoms with E-state index >= 15 is 0 Å². The van der Waals surface area contributed by atoms with Crippen LogP contribution in [0.1, 0.15) is 30.5 Å². The molecule has 1 aliphatic rings. The van der Waals surface area contributed by atoms with Gasteiger partial charge in [0.25, 0.3) is 10.0 Å². The molecule has 0 fully saturated rings. The summed E-state index contributed by atoms with van der Waals surface area (Å²) in [6.45, 7) is 1.41. The molecule has 0 saturated heterocycles. The molecule has 0 saturated carbocycles. The van der Waals surface area contributed by atoms with E-state index in [0.717, 1.165) is 5.56 Å². The SMILES string of the molecule is CC(=O)N1N=C(c2ccccc2NS(=O)(=O)c2ccccc2)C[C@@H]1c1ccc(F)cc1. The van der Waals surface area contributed by atoms with Crippen molar-refractivity contribution in [1.29, 1.82) is 0 Å². The van der Waals surface area contributed by atoms with Crippen molar-refractivity contribution in [3.05, 3.63) is 95.8 Å². The molecule has 1 amide bonds. The van der Waals surface area contributed by atoms with E-state index in [2.05, 4.69) is 9.82 Å². The second-order valence-electron chi connectivity index (χ2n) is 7.15. The molecule has 1 aliphatic heterocycles. The summed E-state index contributed by atoms with van der Waals surface area (Å²) in [4.78, 5) is 12.4. The molecule has 0 radical (unpaired) electrons. The van der Waals surface area contributed by atoms with Crippen LogP contribution in [-0.2, 0) is 14.8 Å². The first kappa shape index (κ1) is 20.7. The Labute approximate surface area is 180 Å². The topological polar surface area (TPSA) is 78.8 Å². The maximum absolute atomic E-state index is 13.3. The van der Waals surface area contributed by atoms with E-state index in [4.69, 9.17) is 0 Å². The maximum atomic E-state index is 13.3. The number of carbonyl (C=O) groups is 1. The zero-order valence-corrected chi connectivity index (χ0v) is 17.5. The number of halogens is 1. The monoisotopic (exact) mass is 437 g/mol. The number of benzene rings is 3. The summed E-state index contributed by atoms with van der Waals surface area (Å²) in [5, 5.41) is 5.83. The van der Waals surface area contributed by atoms with Crippen molar-refractivity contribution in [3.8, 4) is 0 Å². The van der Waals surface area contributed by atoms with Crippen molar-refractivity contribution in [2.45, 2.75) is 24.3 Å². The highest BCUT2D eigenvalue weighted by Gasteiger charge is 2.32. The lowest BCUT2D eigenvalue weighted by Crippen LogP contribution is -2.24. The van der Waals surface area contributed by atoms with E-state index in [-0.39, 0.29) is 16.6 Å². The number of hydrogen-bond acceptors (Lipinski definition) is 4. The lowest BCUT2D eigenvalue weighted by atomic mass is 9.97. The second-order valence-corrected chi connectivity index (χ2v) is 8.83. The maximum Gasteiger partial charge on any atom is 0.261 e. The van der Waals surface area contributed by atoms with Gasteiger partial charge in [0.2, 0.25) is 5.91 Å². The molecule has 6 nitrogen and oxygen atoms in total. The van der Waals surface area contributed by atoms with E-state index < -0.39 is 16.1 Å². The molecule has 0 aromatic heterocycles. The summed E-state index contributed by atoms with van der Waals surface area (Å²) in [6, 6.07) is 20.5. The fourth-order valence-corrected chi connectivity index (χ4v) is 4.64. The number of rotatable bonds is 5. The lowest BCUT2D eigenvalue weighted by Gasteiger charge is -2.20. The van der Waals surface area contributed by atoms with Crippen LogP contribution in [0, 0.1) is 5.82 Å². The fraction of sp³-hybridized carbons (Fsp3) is 0.130. The predicted octanol–water partition coefficient (Wildman–Crippen LogP) is 4.32. The van der Waals surface area contributed by atoms with Crippen LogP contribution in [0.3, 0.4) is 0 Å². The molecule has 1 atom stereocenters. The minimum absolute atomic E-state index is 0.146. The predicted molar refractivity (Wildman–Crippen MR) is 117 cm³/mol. The highest BCUT2D eigenvalue weighted by atomic mass is 32.2. The Balaban J connectivity index is 1.68. The van der Waals surface area contributed by atoms with Crippen LogP contribution in [0.25, 0.3) is 0 Å². The number of anilines is 1. The van der Waals surface area contributed by atoms with Crippen molar-refractivity contribution in [3.63, 3.8) is 0 Å². The van der Waals surface area contributed by atoms with E-state index in [9.17, 15) is 17.6 Å². The molecule has 0 aliphatic carbocycles. The summed E-state index contributed by atoms with van der Waals surface area (Å²) >= 11 is 0. The Bertz CT molecular complexity index is 1240.